The standard InChI is InChI=1S/C16H13ClO4Se/c1-12-14-9-5-6-10-16(14)22(21-17(18,19)20)11-15(12)13-7-3-2-4-8-13/h2-11H,1H3. The molecule has 0 N–H and O–H groups in total. The topological polar surface area (TPSA) is 78.4 Å². The van der Waals surface area contributed by atoms with Gasteiger partial charge in [-0.05, 0) is 0 Å². The first-order valence-electron chi connectivity index (χ1n) is 6.50. The molecule has 0 saturated carbocycles. The van der Waals surface area contributed by atoms with Crippen molar-refractivity contribution in [3.8, 4) is 0 Å². The summed E-state index contributed by atoms with van der Waals surface area (Å²) in [6.45, 7) is 1.99. The Labute approximate surface area is 134 Å². The van der Waals surface area contributed by atoms with Gasteiger partial charge in [-0.2, -0.15) is 0 Å². The maximum absolute atomic E-state index is 11.0. The summed E-state index contributed by atoms with van der Waals surface area (Å²) < 4.78 is 38.7. The molecule has 3 rings (SSSR count). The van der Waals surface area contributed by atoms with E-state index in [1.54, 1.807) is 4.92 Å². The van der Waals surface area contributed by atoms with Crippen molar-refractivity contribution in [2.24, 2.45) is 0 Å². The molecule has 0 fully saturated rings. The molecule has 1 aliphatic rings. The first kappa shape index (κ1) is 15.6. The van der Waals surface area contributed by atoms with Crippen molar-refractivity contribution >= 4 is 34.3 Å². The van der Waals surface area contributed by atoms with Crippen molar-refractivity contribution in [1.82, 2.24) is 0 Å². The van der Waals surface area contributed by atoms with Gasteiger partial charge in [0.25, 0.3) is 0 Å². The van der Waals surface area contributed by atoms with Gasteiger partial charge >= 0.3 is 135 Å². The van der Waals surface area contributed by atoms with Crippen molar-refractivity contribution in [3.05, 3.63) is 65.7 Å². The molecule has 1 aliphatic heterocycles. The minimum atomic E-state index is -4.45. The van der Waals surface area contributed by atoms with E-state index < -0.39 is 24.0 Å². The molecule has 0 aliphatic carbocycles. The van der Waals surface area contributed by atoms with Crippen molar-refractivity contribution in [2.45, 2.75) is 6.92 Å². The van der Waals surface area contributed by atoms with Crippen LogP contribution in [0.4, 0.5) is 0 Å². The Morgan fingerprint density at radius 2 is 1.55 bits per heavy atom. The average molecular weight is 384 g/mol. The SMILES string of the molecule is CC1=C(c2ccccc2)C=[Se](O[Cl+3]([O-])([O-])[O-])c2ccccc21. The number of fused-ring (bicyclic) bond motifs is 1. The predicted molar refractivity (Wildman–Crippen MR) is 77.9 cm³/mol. The van der Waals surface area contributed by atoms with E-state index >= 15 is 0 Å². The fraction of sp³-hybridized carbons (Fsp3) is 0.0625. The summed E-state index contributed by atoms with van der Waals surface area (Å²) in [7, 11) is -4.45. The number of halogens is 1. The molecule has 1 unspecified atom stereocenters. The third-order valence-electron chi connectivity index (χ3n) is 3.37. The fourth-order valence-corrected chi connectivity index (χ4v) is 7.10. The van der Waals surface area contributed by atoms with E-state index in [9.17, 15) is 14.0 Å². The van der Waals surface area contributed by atoms with E-state index in [1.807, 2.05) is 61.5 Å². The molecule has 0 spiro atoms. The summed E-state index contributed by atoms with van der Waals surface area (Å²) in [5.74, 6) is 0. The zero-order valence-corrected chi connectivity index (χ0v) is 14.2. The molecule has 2 aromatic carbocycles. The molecule has 2 aromatic rings. The van der Waals surface area contributed by atoms with Crippen LogP contribution in [0.5, 0.6) is 0 Å². The second kappa shape index (κ2) is 6.07. The Hall–Kier alpha value is -1.30. The first-order chi connectivity index (χ1) is 10.5. The van der Waals surface area contributed by atoms with Crippen LogP contribution in [0.3, 0.4) is 0 Å². The minimum absolute atomic E-state index is 0.798. The summed E-state index contributed by atoms with van der Waals surface area (Å²) in [6, 6.07) is 17.1. The normalized spacial score (nSPS) is 17.9. The van der Waals surface area contributed by atoms with Crippen LogP contribution in [-0.4, -0.2) is 18.7 Å². The molecular weight excluding hydrogens is 371 g/mol. The van der Waals surface area contributed by atoms with E-state index in [1.165, 1.54) is 0 Å². The van der Waals surface area contributed by atoms with Crippen LogP contribution in [0.1, 0.15) is 18.1 Å². The average Bonchev–Trinajstić information content (AvgIpc) is 2.50. The molecule has 0 aromatic heterocycles. The van der Waals surface area contributed by atoms with Gasteiger partial charge in [-0.15, -0.1) is 0 Å². The molecule has 1 atom stereocenters. The summed E-state index contributed by atoms with van der Waals surface area (Å²) in [4.78, 5) is 1.80. The van der Waals surface area contributed by atoms with E-state index in [0.29, 0.717) is 0 Å². The van der Waals surface area contributed by atoms with Gasteiger partial charge in [0.1, 0.15) is 0 Å². The molecule has 0 amide bonds. The van der Waals surface area contributed by atoms with Gasteiger partial charge < -0.3 is 0 Å². The van der Waals surface area contributed by atoms with Crippen molar-refractivity contribution < 1.29 is 27.6 Å². The molecule has 1 heterocycles. The van der Waals surface area contributed by atoms with Gasteiger partial charge in [0.15, 0.2) is 0 Å². The Morgan fingerprint density at radius 1 is 0.909 bits per heavy atom. The first-order valence-corrected chi connectivity index (χ1v) is 10.3. The van der Waals surface area contributed by atoms with E-state index in [-0.39, 0.29) is 0 Å². The Morgan fingerprint density at radius 3 is 2.23 bits per heavy atom. The predicted octanol–water partition coefficient (Wildman–Crippen LogP) is -0.873. The Bertz CT molecular complexity index is 763. The summed E-state index contributed by atoms with van der Waals surface area (Å²) in [5, 5.41) is 0. The Kier molecular flexibility index (Phi) is 4.30. The number of rotatable bonds is 3. The van der Waals surface area contributed by atoms with Crippen molar-refractivity contribution in [1.29, 1.82) is 0 Å². The van der Waals surface area contributed by atoms with Gasteiger partial charge in [-0.3, -0.25) is 0 Å². The van der Waals surface area contributed by atoms with E-state index in [0.717, 1.165) is 26.7 Å². The van der Waals surface area contributed by atoms with Crippen LogP contribution in [-0.2, 0) is 3.37 Å². The van der Waals surface area contributed by atoms with Gasteiger partial charge in [-0.25, -0.2) is 0 Å². The van der Waals surface area contributed by atoms with E-state index in [2.05, 4.69) is 0 Å². The summed E-state index contributed by atoms with van der Waals surface area (Å²) in [6.07, 6.45) is 0. The summed E-state index contributed by atoms with van der Waals surface area (Å²) >= 11 is -2.35. The molecule has 0 bridgehead atoms. The van der Waals surface area contributed by atoms with Crippen LogP contribution in [0, 0.1) is 10.2 Å². The fourth-order valence-electron chi connectivity index (χ4n) is 2.39. The Balaban J connectivity index is 2.18. The molecule has 4 nitrogen and oxygen atoms in total. The van der Waals surface area contributed by atoms with Gasteiger partial charge in [-0.1, -0.05) is 0 Å². The number of hydrogen-bond donors (Lipinski definition) is 0. The number of allylic oxidation sites excluding steroid dienone is 2. The molecule has 0 saturated heterocycles. The molecule has 0 radical (unpaired) electrons. The zero-order valence-electron chi connectivity index (χ0n) is 11.7. The van der Waals surface area contributed by atoms with Crippen LogP contribution < -0.4 is 18.4 Å². The maximum atomic E-state index is 11.0. The second-order valence-electron chi connectivity index (χ2n) is 4.76. The molecule has 22 heavy (non-hydrogen) atoms. The van der Waals surface area contributed by atoms with Crippen LogP contribution in [0.25, 0.3) is 11.1 Å². The quantitative estimate of drug-likeness (QED) is 0.645. The number of benzene rings is 2. The van der Waals surface area contributed by atoms with Crippen molar-refractivity contribution in [2.75, 3.05) is 0 Å². The van der Waals surface area contributed by atoms with Crippen LogP contribution in [0.2, 0.25) is 0 Å². The second-order valence-corrected chi connectivity index (χ2v) is 9.10. The summed E-state index contributed by atoms with van der Waals surface area (Å²) in [5.41, 5.74) is 3.88. The molecule has 114 valence electrons. The van der Waals surface area contributed by atoms with Crippen LogP contribution in [0.15, 0.2) is 54.6 Å². The van der Waals surface area contributed by atoms with Crippen LogP contribution >= 0.6 is 0 Å². The molecule has 6 heteroatoms. The molecular formula is C16H13ClO4Se. The van der Waals surface area contributed by atoms with Gasteiger partial charge in [0.05, 0.1) is 0 Å². The number of hydrogen-bond acceptors (Lipinski definition) is 4. The monoisotopic (exact) mass is 384 g/mol. The zero-order chi connectivity index (χ0) is 15.7. The third kappa shape index (κ3) is 3.21. The van der Waals surface area contributed by atoms with E-state index in [4.69, 9.17) is 3.37 Å². The van der Waals surface area contributed by atoms with Gasteiger partial charge in [0, 0.05) is 0 Å². The van der Waals surface area contributed by atoms with Crippen molar-refractivity contribution in [3.63, 3.8) is 0 Å². The third-order valence-corrected chi connectivity index (χ3v) is 8.08. The van der Waals surface area contributed by atoms with Gasteiger partial charge in [0.2, 0.25) is 0 Å².